The average molecular weight is 305 g/mol. The zero-order valence-electron chi connectivity index (χ0n) is 13.2. The summed E-state index contributed by atoms with van der Waals surface area (Å²) in [6.07, 6.45) is 6.15. The molecule has 0 saturated carbocycles. The number of anilines is 1. The van der Waals surface area contributed by atoms with Crippen LogP contribution in [-0.4, -0.2) is 43.9 Å². The van der Waals surface area contributed by atoms with E-state index in [1.807, 2.05) is 0 Å². The lowest BCUT2D eigenvalue weighted by Gasteiger charge is -2.47. The van der Waals surface area contributed by atoms with Crippen LogP contribution in [0.15, 0.2) is 23.1 Å². The van der Waals surface area contributed by atoms with E-state index in [9.17, 15) is 0 Å². The number of benzene rings is 1. The van der Waals surface area contributed by atoms with Gasteiger partial charge in [0.15, 0.2) is 0 Å². The summed E-state index contributed by atoms with van der Waals surface area (Å²) in [5.41, 5.74) is 8.74. The molecule has 4 heteroatoms. The molecular weight excluding hydrogens is 278 g/mol. The Morgan fingerprint density at radius 1 is 1.29 bits per heavy atom. The largest absolute Gasteiger partial charge is 0.371 e. The molecule has 0 amide bonds. The van der Waals surface area contributed by atoms with E-state index in [1.165, 1.54) is 48.5 Å². The Kier molecular flexibility index (Phi) is 4.77. The van der Waals surface area contributed by atoms with Gasteiger partial charge in [-0.3, -0.25) is 0 Å². The van der Waals surface area contributed by atoms with E-state index < -0.39 is 0 Å². The molecule has 116 valence electrons. The van der Waals surface area contributed by atoms with Gasteiger partial charge >= 0.3 is 0 Å². The van der Waals surface area contributed by atoms with Gasteiger partial charge in [-0.15, -0.1) is 11.8 Å². The van der Waals surface area contributed by atoms with Crippen molar-refractivity contribution in [1.29, 1.82) is 0 Å². The van der Waals surface area contributed by atoms with E-state index in [0.717, 1.165) is 18.5 Å². The minimum absolute atomic E-state index is 0.636. The Morgan fingerprint density at radius 3 is 2.90 bits per heavy atom. The van der Waals surface area contributed by atoms with Crippen LogP contribution in [-0.2, 0) is 6.54 Å². The molecule has 2 aliphatic rings. The SMILES string of the molecule is CSc1cccc(N2CCC3C(CCCN3C)C2)c1CN. The maximum Gasteiger partial charge on any atom is 0.0423 e. The summed E-state index contributed by atoms with van der Waals surface area (Å²) in [6, 6.07) is 7.42. The topological polar surface area (TPSA) is 32.5 Å². The van der Waals surface area contributed by atoms with E-state index in [1.54, 1.807) is 11.8 Å². The Bertz CT molecular complexity index is 491. The molecule has 2 saturated heterocycles. The first-order valence-electron chi connectivity index (χ1n) is 8.05. The summed E-state index contributed by atoms with van der Waals surface area (Å²) >= 11 is 1.81. The number of thioether (sulfide) groups is 1. The first kappa shape index (κ1) is 15.2. The number of likely N-dealkylation sites (tertiary alicyclic amines) is 1. The second kappa shape index (κ2) is 6.59. The third-order valence-corrected chi connectivity index (χ3v) is 6.04. The Labute approximate surface area is 132 Å². The summed E-state index contributed by atoms with van der Waals surface area (Å²) in [7, 11) is 2.30. The van der Waals surface area contributed by atoms with Gasteiger partial charge in [-0.25, -0.2) is 0 Å². The normalized spacial score (nSPS) is 26.7. The fourth-order valence-electron chi connectivity index (χ4n) is 4.12. The molecule has 0 spiro atoms. The molecule has 1 aromatic rings. The van der Waals surface area contributed by atoms with Crippen molar-refractivity contribution in [2.45, 2.75) is 36.7 Å². The number of piperidine rings is 2. The fourth-order valence-corrected chi connectivity index (χ4v) is 4.77. The van der Waals surface area contributed by atoms with E-state index in [0.29, 0.717) is 6.54 Å². The van der Waals surface area contributed by atoms with Gasteiger partial charge in [0.25, 0.3) is 0 Å². The quantitative estimate of drug-likeness (QED) is 0.871. The lowest BCUT2D eigenvalue weighted by Crippen LogP contribution is -2.52. The minimum Gasteiger partial charge on any atom is -0.371 e. The van der Waals surface area contributed by atoms with Crippen LogP contribution in [0.1, 0.15) is 24.8 Å². The molecule has 2 unspecified atom stereocenters. The van der Waals surface area contributed by atoms with E-state index in [-0.39, 0.29) is 0 Å². The molecule has 3 rings (SSSR count). The van der Waals surface area contributed by atoms with Gasteiger partial charge in [0.1, 0.15) is 0 Å². The molecule has 1 aromatic carbocycles. The Hall–Kier alpha value is -0.710. The summed E-state index contributed by atoms with van der Waals surface area (Å²) in [5.74, 6) is 0.820. The standard InChI is InChI=1S/C17H27N3S/c1-19-9-4-5-13-12-20(10-8-15(13)19)16-6-3-7-17(21-2)14(16)11-18/h3,6-7,13,15H,4-5,8-12,18H2,1-2H3. The van der Waals surface area contributed by atoms with Crippen molar-refractivity contribution in [3.8, 4) is 0 Å². The Balaban J connectivity index is 1.82. The van der Waals surface area contributed by atoms with Crippen LogP contribution < -0.4 is 10.6 Å². The third-order valence-electron chi connectivity index (χ3n) is 5.22. The molecule has 0 bridgehead atoms. The number of fused-ring (bicyclic) bond motifs is 1. The molecule has 2 heterocycles. The minimum atomic E-state index is 0.636. The highest BCUT2D eigenvalue weighted by atomic mass is 32.2. The first-order valence-corrected chi connectivity index (χ1v) is 9.28. The molecule has 2 N–H and O–H groups in total. The van der Waals surface area contributed by atoms with Crippen molar-refractivity contribution in [3.63, 3.8) is 0 Å². The van der Waals surface area contributed by atoms with Crippen LogP contribution in [0.2, 0.25) is 0 Å². The van der Waals surface area contributed by atoms with Crippen molar-refractivity contribution in [1.82, 2.24) is 4.90 Å². The van der Waals surface area contributed by atoms with Gasteiger partial charge in [-0.1, -0.05) is 6.07 Å². The van der Waals surface area contributed by atoms with Gasteiger partial charge in [0, 0.05) is 41.8 Å². The lowest BCUT2D eigenvalue weighted by molar-refractivity contribution is 0.102. The van der Waals surface area contributed by atoms with Crippen LogP contribution >= 0.6 is 11.8 Å². The second-order valence-corrected chi connectivity index (χ2v) is 7.20. The van der Waals surface area contributed by atoms with Gasteiger partial charge in [0.2, 0.25) is 0 Å². The van der Waals surface area contributed by atoms with Crippen molar-refractivity contribution in [3.05, 3.63) is 23.8 Å². The van der Waals surface area contributed by atoms with Crippen LogP contribution in [0.25, 0.3) is 0 Å². The Morgan fingerprint density at radius 2 is 2.14 bits per heavy atom. The number of hydrogen-bond donors (Lipinski definition) is 1. The third kappa shape index (κ3) is 2.94. The van der Waals surface area contributed by atoms with E-state index in [2.05, 4.69) is 41.3 Å². The molecule has 21 heavy (non-hydrogen) atoms. The molecule has 0 aliphatic carbocycles. The summed E-state index contributed by atoms with van der Waals surface area (Å²) in [5, 5.41) is 0. The van der Waals surface area contributed by atoms with Crippen molar-refractivity contribution < 1.29 is 0 Å². The molecule has 2 atom stereocenters. The second-order valence-electron chi connectivity index (χ2n) is 6.35. The van der Waals surface area contributed by atoms with Gasteiger partial charge in [-0.2, -0.15) is 0 Å². The maximum atomic E-state index is 6.04. The number of hydrogen-bond acceptors (Lipinski definition) is 4. The van der Waals surface area contributed by atoms with Crippen molar-refractivity contribution >= 4 is 17.4 Å². The monoisotopic (exact) mass is 305 g/mol. The summed E-state index contributed by atoms with van der Waals surface area (Å²) in [4.78, 5) is 6.49. The lowest BCUT2D eigenvalue weighted by atomic mass is 9.84. The summed E-state index contributed by atoms with van der Waals surface area (Å²) < 4.78 is 0. The average Bonchev–Trinajstić information content (AvgIpc) is 2.53. The zero-order valence-corrected chi connectivity index (χ0v) is 14.0. The fraction of sp³-hybridized carbons (Fsp3) is 0.647. The van der Waals surface area contributed by atoms with Crippen molar-refractivity contribution in [2.75, 3.05) is 37.8 Å². The summed E-state index contributed by atoms with van der Waals surface area (Å²) in [6.45, 7) is 4.27. The molecule has 0 aromatic heterocycles. The molecule has 2 aliphatic heterocycles. The first-order chi connectivity index (χ1) is 10.2. The molecule has 3 nitrogen and oxygen atoms in total. The van der Waals surface area contributed by atoms with Crippen LogP contribution in [0.5, 0.6) is 0 Å². The highest BCUT2D eigenvalue weighted by Gasteiger charge is 2.34. The molecule has 2 fully saturated rings. The van der Waals surface area contributed by atoms with Gasteiger partial charge in [0.05, 0.1) is 0 Å². The van der Waals surface area contributed by atoms with Crippen LogP contribution in [0, 0.1) is 5.92 Å². The van der Waals surface area contributed by atoms with Crippen molar-refractivity contribution in [2.24, 2.45) is 11.7 Å². The smallest absolute Gasteiger partial charge is 0.0423 e. The molecule has 0 radical (unpaired) electrons. The number of nitrogens with zero attached hydrogens (tertiary/aromatic N) is 2. The predicted octanol–water partition coefficient (Wildman–Crippen LogP) is 2.79. The highest BCUT2D eigenvalue weighted by Crippen LogP contribution is 2.35. The van der Waals surface area contributed by atoms with E-state index >= 15 is 0 Å². The van der Waals surface area contributed by atoms with E-state index in [4.69, 9.17) is 5.73 Å². The predicted molar refractivity (Wildman–Crippen MR) is 92.1 cm³/mol. The number of nitrogens with two attached hydrogens (primary N) is 1. The van der Waals surface area contributed by atoms with Gasteiger partial charge < -0.3 is 15.5 Å². The highest BCUT2D eigenvalue weighted by molar-refractivity contribution is 7.98. The maximum absolute atomic E-state index is 6.04. The van der Waals surface area contributed by atoms with Crippen LogP contribution in [0.3, 0.4) is 0 Å². The number of rotatable bonds is 3. The molecular formula is C17H27N3S. The zero-order chi connectivity index (χ0) is 14.8. The van der Waals surface area contributed by atoms with Gasteiger partial charge in [-0.05, 0) is 57.2 Å². The van der Waals surface area contributed by atoms with Crippen LogP contribution in [0.4, 0.5) is 5.69 Å².